The second-order valence-electron chi connectivity index (χ2n) is 9.62. The van der Waals surface area contributed by atoms with Crippen LogP contribution in [0, 0.1) is 0 Å². The summed E-state index contributed by atoms with van der Waals surface area (Å²) in [5.41, 5.74) is 2.89. The van der Waals surface area contributed by atoms with Gasteiger partial charge in [-0.15, -0.1) is 0 Å². The molecule has 39 heavy (non-hydrogen) atoms. The summed E-state index contributed by atoms with van der Waals surface area (Å²) in [5.74, 6) is 0.415. The number of fused-ring (bicyclic) bond motifs is 1. The van der Waals surface area contributed by atoms with E-state index < -0.39 is 21.8 Å². The fourth-order valence-corrected chi connectivity index (χ4v) is 5.89. The number of nitrogens with one attached hydrogen (secondary N) is 1. The maximum atomic E-state index is 13.7. The van der Waals surface area contributed by atoms with Crippen molar-refractivity contribution in [1.29, 1.82) is 0 Å². The molecule has 0 amide bonds. The summed E-state index contributed by atoms with van der Waals surface area (Å²) >= 11 is 0. The number of halogens is 3. The van der Waals surface area contributed by atoms with Crippen molar-refractivity contribution in [1.82, 2.24) is 9.97 Å². The van der Waals surface area contributed by atoms with E-state index in [9.17, 15) is 21.6 Å². The maximum absolute atomic E-state index is 13.7. The molecule has 1 heterocycles. The normalized spacial score (nSPS) is 15.3. The highest BCUT2D eigenvalue weighted by atomic mass is 32.2. The van der Waals surface area contributed by atoms with Crippen molar-refractivity contribution in [2.45, 2.75) is 49.8 Å². The molecule has 0 saturated carbocycles. The molecule has 0 fully saturated rings. The lowest BCUT2D eigenvalue weighted by Crippen LogP contribution is -2.15. The van der Waals surface area contributed by atoms with Gasteiger partial charge in [0.15, 0.2) is 0 Å². The highest BCUT2D eigenvalue weighted by Crippen LogP contribution is 2.44. The SMILES string of the molecule is CC(C)Oc1ccc(-c2cc(C(F)(F)F)ccc2[C@H]2CCc3cc(S(=O)(=O)Nc4ncccn4)ccc32)cc1. The molecule has 202 valence electrons. The summed E-state index contributed by atoms with van der Waals surface area (Å²) in [7, 11) is -3.91. The van der Waals surface area contributed by atoms with Crippen LogP contribution in [0.1, 0.15) is 48.4 Å². The molecule has 0 unspecified atom stereocenters. The first-order chi connectivity index (χ1) is 18.5. The van der Waals surface area contributed by atoms with Crippen LogP contribution in [0.5, 0.6) is 5.75 Å². The minimum atomic E-state index is -4.49. The number of rotatable bonds is 7. The van der Waals surface area contributed by atoms with Crippen LogP contribution in [0.4, 0.5) is 19.1 Å². The lowest BCUT2D eigenvalue weighted by molar-refractivity contribution is -0.137. The van der Waals surface area contributed by atoms with Gasteiger partial charge in [0, 0.05) is 18.3 Å². The average Bonchev–Trinajstić information content (AvgIpc) is 3.31. The van der Waals surface area contributed by atoms with Crippen molar-refractivity contribution in [3.05, 3.63) is 101 Å². The topological polar surface area (TPSA) is 81.2 Å². The Morgan fingerprint density at radius 1 is 0.949 bits per heavy atom. The molecule has 0 radical (unpaired) electrons. The van der Waals surface area contributed by atoms with Gasteiger partial charge in [-0.25, -0.2) is 23.1 Å². The van der Waals surface area contributed by atoms with Crippen molar-refractivity contribution < 1.29 is 26.3 Å². The monoisotopic (exact) mass is 553 g/mol. The molecule has 3 aromatic carbocycles. The summed E-state index contributed by atoms with van der Waals surface area (Å²) in [6.45, 7) is 3.80. The van der Waals surface area contributed by atoms with E-state index in [1.165, 1.54) is 30.6 Å². The van der Waals surface area contributed by atoms with Crippen LogP contribution in [0.25, 0.3) is 11.1 Å². The van der Waals surface area contributed by atoms with Crippen molar-refractivity contribution in [3.63, 3.8) is 0 Å². The smallest absolute Gasteiger partial charge is 0.416 e. The van der Waals surface area contributed by atoms with E-state index in [2.05, 4.69) is 14.7 Å². The third-order valence-corrected chi connectivity index (χ3v) is 7.91. The zero-order valence-electron chi connectivity index (χ0n) is 21.2. The molecule has 1 atom stereocenters. The molecule has 6 nitrogen and oxygen atoms in total. The van der Waals surface area contributed by atoms with E-state index >= 15 is 0 Å². The zero-order chi connectivity index (χ0) is 27.8. The molecule has 0 bridgehead atoms. The van der Waals surface area contributed by atoms with Gasteiger partial charge in [0.25, 0.3) is 10.0 Å². The van der Waals surface area contributed by atoms with Gasteiger partial charge in [-0.2, -0.15) is 13.2 Å². The zero-order valence-corrected chi connectivity index (χ0v) is 22.1. The minimum absolute atomic E-state index is 0.0286. The van der Waals surface area contributed by atoms with Crippen LogP contribution in [0.2, 0.25) is 0 Å². The van der Waals surface area contributed by atoms with Crippen molar-refractivity contribution >= 4 is 16.0 Å². The number of hydrogen-bond donors (Lipinski definition) is 1. The molecule has 0 spiro atoms. The Morgan fingerprint density at radius 2 is 1.64 bits per heavy atom. The summed E-state index contributed by atoms with van der Waals surface area (Å²) in [5, 5.41) is 0. The molecule has 4 aromatic rings. The maximum Gasteiger partial charge on any atom is 0.416 e. The summed E-state index contributed by atoms with van der Waals surface area (Å²) in [6.07, 6.45) is -0.414. The molecule has 0 saturated heterocycles. The van der Waals surface area contributed by atoms with Gasteiger partial charge >= 0.3 is 6.18 Å². The Kier molecular flexibility index (Phi) is 7.07. The fraction of sp³-hybridized carbons (Fsp3) is 0.241. The third kappa shape index (κ3) is 5.75. The quantitative estimate of drug-likeness (QED) is 0.271. The van der Waals surface area contributed by atoms with E-state index in [1.807, 2.05) is 13.8 Å². The van der Waals surface area contributed by atoms with E-state index in [4.69, 9.17) is 4.74 Å². The fourth-order valence-electron chi connectivity index (χ4n) is 4.89. The Bertz CT molecular complexity index is 1590. The Balaban J connectivity index is 1.51. The van der Waals surface area contributed by atoms with Crippen molar-refractivity contribution in [3.8, 4) is 16.9 Å². The summed E-state index contributed by atoms with van der Waals surface area (Å²) in [6, 6.07) is 17.3. The van der Waals surface area contributed by atoms with Crippen LogP contribution in [0.15, 0.2) is 84.0 Å². The lowest BCUT2D eigenvalue weighted by atomic mass is 9.86. The van der Waals surface area contributed by atoms with E-state index in [-0.39, 0.29) is 22.9 Å². The van der Waals surface area contributed by atoms with E-state index in [0.717, 1.165) is 22.8 Å². The van der Waals surface area contributed by atoms with Gasteiger partial charge in [-0.1, -0.05) is 24.3 Å². The number of alkyl halides is 3. The molecule has 1 N–H and O–H groups in total. The summed E-state index contributed by atoms with van der Waals surface area (Å²) in [4.78, 5) is 7.88. The highest BCUT2D eigenvalue weighted by Gasteiger charge is 2.33. The van der Waals surface area contributed by atoms with Crippen LogP contribution >= 0.6 is 0 Å². The first-order valence-electron chi connectivity index (χ1n) is 12.4. The van der Waals surface area contributed by atoms with Gasteiger partial charge in [0.2, 0.25) is 5.95 Å². The molecule has 10 heteroatoms. The highest BCUT2D eigenvalue weighted by molar-refractivity contribution is 7.92. The molecular weight excluding hydrogens is 527 g/mol. The first-order valence-corrected chi connectivity index (χ1v) is 13.9. The number of nitrogens with zero attached hydrogens (tertiary/aromatic N) is 2. The molecule has 1 aliphatic carbocycles. The summed E-state index contributed by atoms with van der Waals surface area (Å²) < 4.78 is 74.9. The van der Waals surface area contributed by atoms with Crippen LogP contribution in [-0.2, 0) is 22.6 Å². The molecule has 0 aliphatic heterocycles. The van der Waals surface area contributed by atoms with Crippen LogP contribution in [-0.4, -0.2) is 24.5 Å². The second-order valence-corrected chi connectivity index (χ2v) is 11.3. The molecule has 1 aliphatic rings. The van der Waals surface area contributed by atoms with E-state index in [1.54, 1.807) is 42.5 Å². The predicted octanol–water partition coefficient (Wildman–Crippen LogP) is 6.83. The number of anilines is 1. The second kappa shape index (κ2) is 10.3. The Hall–Kier alpha value is -3.92. The Labute approximate surface area is 225 Å². The minimum Gasteiger partial charge on any atom is -0.491 e. The lowest BCUT2D eigenvalue weighted by Gasteiger charge is -2.20. The van der Waals surface area contributed by atoms with Crippen LogP contribution < -0.4 is 9.46 Å². The number of sulfonamides is 1. The van der Waals surface area contributed by atoms with Gasteiger partial charge in [0.05, 0.1) is 16.6 Å². The Morgan fingerprint density at radius 3 is 2.31 bits per heavy atom. The number of ether oxygens (including phenoxy) is 1. The van der Waals surface area contributed by atoms with Gasteiger partial charge < -0.3 is 4.74 Å². The molecule has 1 aromatic heterocycles. The number of benzene rings is 3. The van der Waals surface area contributed by atoms with Crippen LogP contribution in [0.3, 0.4) is 0 Å². The van der Waals surface area contributed by atoms with Crippen molar-refractivity contribution in [2.24, 2.45) is 0 Å². The van der Waals surface area contributed by atoms with Gasteiger partial charge in [-0.05, 0) is 97.0 Å². The largest absolute Gasteiger partial charge is 0.491 e. The van der Waals surface area contributed by atoms with Gasteiger partial charge in [-0.3, -0.25) is 0 Å². The average molecular weight is 554 g/mol. The first kappa shape index (κ1) is 26.7. The number of aromatic nitrogens is 2. The molecule has 5 rings (SSSR count). The number of aryl methyl sites for hydroxylation is 1. The number of hydrogen-bond acceptors (Lipinski definition) is 5. The van der Waals surface area contributed by atoms with Crippen molar-refractivity contribution in [2.75, 3.05) is 4.72 Å². The molecular formula is C29H26F3N3O3S. The van der Waals surface area contributed by atoms with Gasteiger partial charge in [0.1, 0.15) is 5.75 Å². The standard InChI is InChI=1S/C29H26F3N3O3S/c1-18(2)38-22-8-4-19(5-9-22)27-17-21(29(30,31)32)7-12-26(27)25-11-6-20-16-23(10-13-24(20)25)39(36,37)35-28-33-14-3-15-34-28/h3-5,7-10,12-18,25H,6,11H2,1-2H3,(H,33,34,35)/t25-/m0/s1. The third-order valence-electron chi connectivity index (χ3n) is 6.59. The van der Waals surface area contributed by atoms with E-state index in [0.29, 0.717) is 29.7 Å². The predicted molar refractivity (Wildman–Crippen MR) is 142 cm³/mol.